The van der Waals surface area contributed by atoms with E-state index in [-0.39, 0.29) is 0 Å². The van der Waals surface area contributed by atoms with Crippen molar-refractivity contribution in [3.63, 3.8) is 0 Å². The average molecular weight is 227 g/mol. The molecule has 2 heteroatoms. The third kappa shape index (κ3) is 1.26. The van der Waals surface area contributed by atoms with Gasteiger partial charge in [-0.1, -0.05) is 36.4 Å². The van der Waals surface area contributed by atoms with Crippen molar-refractivity contribution in [2.24, 2.45) is 5.73 Å². The van der Waals surface area contributed by atoms with Gasteiger partial charge in [0.1, 0.15) is 0 Å². The van der Waals surface area contributed by atoms with Crippen LogP contribution in [0.1, 0.15) is 16.4 Å². The van der Waals surface area contributed by atoms with Crippen LogP contribution in [0.25, 0.3) is 16.8 Å². The van der Waals surface area contributed by atoms with E-state index in [0.717, 1.165) is 5.70 Å². The lowest BCUT2D eigenvalue weighted by Gasteiger charge is -2.23. The predicted octanol–water partition coefficient (Wildman–Crippen LogP) is 3.56. The zero-order valence-electron chi connectivity index (χ0n) is 9.10. The Hall–Kier alpha value is -1.41. The van der Waals surface area contributed by atoms with E-state index in [1.54, 1.807) is 11.8 Å². The van der Waals surface area contributed by atoms with Crippen LogP contribution in [-0.2, 0) is 0 Å². The Bertz CT molecular complexity index is 581. The molecule has 1 aliphatic rings. The molecule has 1 aliphatic carbocycles. The Kier molecular flexibility index (Phi) is 2.18. The standard InChI is InChI=1S/C14H13NS/c1-16-14-11-7-3-5-9-4-2-6-10(13(9)11)8-12(14)15/h2-8,14H,15H2,1H3. The normalized spacial score (nSPS) is 18.6. The molecule has 80 valence electrons. The van der Waals surface area contributed by atoms with Crippen LogP contribution in [0.2, 0.25) is 0 Å². The summed E-state index contributed by atoms with van der Waals surface area (Å²) in [7, 11) is 0. The molecular formula is C14H13NS. The van der Waals surface area contributed by atoms with E-state index < -0.39 is 0 Å². The molecule has 0 radical (unpaired) electrons. The highest BCUT2D eigenvalue weighted by Crippen LogP contribution is 2.41. The van der Waals surface area contributed by atoms with Crippen molar-refractivity contribution in [3.05, 3.63) is 53.2 Å². The predicted molar refractivity (Wildman–Crippen MR) is 72.4 cm³/mol. The molecular weight excluding hydrogens is 214 g/mol. The van der Waals surface area contributed by atoms with Gasteiger partial charge >= 0.3 is 0 Å². The molecule has 2 N–H and O–H groups in total. The fourth-order valence-corrected chi connectivity index (χ4v) is 3.23. The maximum atomic E-state index is 6.12. The van der Waals surface area contributed by atoms with Crippen molar-refractivity contribution in [1.29, 1.82) is 0 Å². The minimum absolute atomic E-state index is 0.304. The van der Waals surface area contributed by atoms with Gasteiger partial charge in [0.15, 0.2) is 0 Å². The SMILES string of the molecule is CSC1C(N)=Cc2cccc3cccc1c23. The van der Waals surface area contributed by atoms with Crippen LogP contribution in [0, 0.1) is 0 Å². The first kappa shape index (κ1) is 9.79. The molecule has 2 aromatic rings. The monoisotopic (exact) mass is 227 g/mol. The lowest BCUT2D eigenvalue weighted by atomic mass is 9.91. The summed E-state index contributed by atoms with van der Waals surface area (Å²) >= 11 is 1.80. The molecule has 0 aromatic heterocycles. The van der Waals surface area contributed by atoms with Crippen molar-refractivity contribution < 1.29 is 0 Å². The second-order valence-electron chi connectivity index (χ2n) is 4.05. The van der Waals surface area contributed by atoms with E-state index in [9.17, 15) is 0 Å². The van der Waals surface area contributed by atoms with Gasteiger partial charge in [-0.05, 0) is 34.2 Å². The largest absolute Gasteiger partial charge is 0.401 e. The Balaban J connectivity index is 2.42. The molecule has 0 spiro atoms. The number of nitrogens with two attached hydrogens (primary N) is 1. The smallest absolute Gasteiger partial charge is 0.0695 e. The van der Waals surface area contributed by atoms with E-state index in [1.165, 1.54) is 21.9 Å². The zero-order valence-corrected chi connectivity index (χ0v) is 9.92. The van der Waals surface area contributed by atoms with Crippen molar-refractivity contribution in [2.45, 2.75) is 5.25 Å². The summed E-state index contributed by atoms with van der Waals surface area (Å²) in [6.07, 6.45) is 4.22. The van der Waals surface area contributed by atoms with Crippen LogP contribution in [-0.4, -0.2) is 6.26 Å². The van der Waals surface area contributed by atoms with E-state index in [2.05, 4.69) is 48.7 Å². The second kappa shape index (κ2) is 3.56. The Morgan fingerprint density at radius 2 is 1.88 bits per heavy atom. The number of thioether (sulfide) groups is 1. The first-order chi connectivity index (χ1) is 7.81. The summed E-state index contributed by atoms with van der Waals surface area (Å²) in [5.41, 5.74) is 9.67. The Morgan fingerprint density at radius 1 is 1.12 bits per heavy atom. The summed E-state index contributed by atoms with van der Waals surface area (Å²) in [6, 6.07) is 12.8. The molecule has 0 amide bonds. The highest BCUT2D eigenvalue weighted by molar-refractivity contribution is 7.99. The van der Waals surface area contributed by atoms with Gasteiger partial charge in [0, 0.05) is 5.70 Å². The number of benzene rings is 2. The molecule has 0 saturated carbocycles. The summed E-state index contributed by atoms with van der Waals surface area (Å²) in [5.74, 6) is 0. The number of hydrogen-bond acceptors (Lipinski definition) is 2. The lowest BCUT2D eigenvalue weighted by molar-refractivity contribution is 1.10. The van der Waals surface area contributed by atoms with Gasteiger partial charge in [-0.2, -0.15) is 11.8 Å². The summed E-state index contributed by atoms with van der Waals surface area (Å²) in [6.45, 7) is 0. The third-order valence-corrected chi connectivity index (χ3v) is 4.11. The Labute approximate surface area is 99.3 Å². The first-order valence-corrected chi connectivity index (χ1v) is 6.61. The van der Waals surface area contributed by atoms with Crippen molar-refractivity contribution in [1.82, 2.24) is 0 Å². The van der Waals surface area contributed by atoms with Gasteiger partial charge in [-0.3, -0.25) is 0 Å². The zero-order chi connectivity index (χ0) is 11.1. The molecule has 0 bridgehead atoms. The van der Waals surface area contributed by atoms with Crippen molar-refractivity contribution in [3.8, 4) is 0 Å². The van der Waals surface area contributed by atoms with Crippen LogP contribution < -0.4 is 5.73 Å². The van der Waals surface area contributed by atoms with Crippen LogP contribution in [0.3, 0.4) is 0 Å². The summed E-state index contributed by atoms with van der Waals surface area (Å²) < 4.78 is 0. The third-order valence-electron chi connectivity index (χ3n) is 3.11. The molecule has 0 heterocycles. The van der Waals surface area contributed by atoms with Gasteiger partial charge in [0.2, 0.25) is 0 Å². The number of rotatable bonds is 1. The average Bonchev–Trinajstić information content (AvgIpc) is 2.30. The maximum absolute atomic E-state index is 6.12. The van der Waals surface area contributed by atoms with Crippen LogP contribution in [0.5, 0.6) is 0 Å². The van der Waals surface area contributed by atoms with Crippen molar-refractivity contribution >= 4 is 28.6 Å². The number of hydrogen-bond donors (Lipinski definition) is 1. The fraction of sp³-hybridized carbons (Fsp3) is 0.143. The van der Waals surface area contributed by atoms with E-state index >= 15 is 0 Å². The molecule has 2 aromatic carbocycles. The highest BCUT2D eigenvalue weighted by atomic mass is 32.2. The molecule has 0 aliphatic heterocycles. The van der Waals surface area contributed by atoms with Crippen LogP contribution in [0.4, 0.5) is 0 Å². The Morgan fingerprint density at radius 3 is 2.62 bits per heavy atom. The maximum Gasteiger partial charge on any atom is 0.0695 e. The second-order valence-corrected chi connectivity index (χ2v) is 5.00. The van der Waals surface area contributed by atoms with Crippen LogP contribution in [0.15, 0.2) is 42.1 Å². The molecule has 0 saturated heterocycles. The molecule has 16 heavy (non-hydrogen) atoms. The van der Waals surface area contributed by atoms with Gasteiger partial charge in [0.25, 0.3) is 0 Å². The summed E-state index contributed by atoms with van der Waals surface area (Å²) in [4.78, 5) is 0. The molecule has 1 unspecified atom stereocenters. The minimum atomic E-state index is 0.304. The van der Waals surface area contributed by atoms with E-state index in [4.69, 9.17) is 5.73 Å². The van der Waals surface area contributed by atoms with Gasteiger partial charge in [-0.15, -0.1) is 0 Å². The first-order valence-electron chi connectivity index (χ1n) is 5.33. The van der Waals surface area contributed by atoms with Crippen molar-refractivity contribution in [2.75, 3.05) is 6.26 Å². The molecule has 0 fully saturated rings. The van der Waals surface area contributed by atoms with Gasteiger partial charge in [-0.25, -0.2) is 0 Å². The van der Waals surface area contributed by atoms with E-state index in [0.29, 0.717) is 5.25 Å². The minimum Gasteiger partial charge on any atom is -0.401 e. The van der Waals surface area contributed by atoms with Crippen LogP contribution >= 0.6 is 11.8 Å². The lowest BCUT2D eigenvalue weighted by Crippen LogP contribution is -2.11. The summed E-state index contributed by atoms with van der Waals surface area (Å²) in [5, 5.41) is 2.97. The quantitative estimate of drug-likeness (QED) is 0.806. The van der Waals surface area contributed by atoms with Gasteiger partial charge in [0.05, 0.1) is 5.25 Å². The topological polar surface area (TPSA) is 26.0 Å². The molecule has 1 nitrogen and oxygen atoms in total. The van der Waals surface area contributed by atoms with Gasteiger partial charge < -0.3 is 5.73 Å². The molecule has 1 atom stereocenters. The molecule has 3 rings (SSSR count). The fourth-order valence-electron chi connectivity index (χ4n) is 2.44. The van der Waals surface area contributed by atoms with E-state index in [1.807, 2.05) is 0 Å². The highest BCUT2D eigenvalue weighted by Gasteiger charge is 2.21.